The van der Waals surface area contributed by atoms with E-state index >= 15 is 0 Å². The van der Waals surface area contributed by atoms with Gasteiger partial charge in [0.2, 0.25) is 5.91 Å². The van der Waals surface area contributed by atoms with Gasteiger partial charge in [0.1, 0.15) is 13.2 Å². The molecule has 0 aromatic heterocycles. The number of nitrogens with one attached hydrogen (secondary N) is 1. The third-order valence-corrected chi connectivity index (χ3v) is 6.76. The molecule has 3 aliphatic heterocycles. The number of carbonyl (C=O) groups excluding carboxylic acids is 1. The summed E-state index contributed by atoms with van der Waals surface area (Å²) in [7, 11) is 0. The van der Waals surface area contributed by atoms with Gasteiger partial charge in [0, 0.05) is 44.6 Å². The van der Waals surface area contributed by atoms with Crippen LogP contribution in [0.4, 0.5) is 5.69 Å². The maximum absolute atomic E-state index is 11.8. The van der Waals surface area contributed by atoms with Gasteiger partial charge >= 0.3 is 0 Å². The van der Waals surface area contributed by atoms with Crippen LogP contribution in [0.1, 0.15) is 30.7 Å². The van der Waals surface area contributed by atoms with Crippen LogP contribution in [0.15, 0.2) is 48.5 Å². The Kier molecular flexibility index (Phi) is 5.98. The Balaban J connectivity index is 1.20. The first-order valence-corrected chi connectivity index (χ1v) is 11.5. The van der Waals surface area contributed by atoms with Gasteiger partial charge in [0.25, 0.3) is 0 Å². The van der Waals surface area contributed by atoms with Crippen LogP contribution in [-0.4, -0.2) is 62.8 Å². The fourth-order valence-corrected chi connectivity index (χ4v) is 5.08. The summed E-state index contributed by atoms with van der Waals surface area (Å²) in [6.07, 6.45) is 2.65. The number of rotatable bonds is 6. The quantitative estimate of drug-likeness (QED) is 0.777. The molecular formula is C25H31N3O3. The molecule has 2 fully saturated rings. The molecule has 3 heterocycles. The van der Waals surface area contributed by atoms with Gasteiger partial charge in [-0.25, -0.2) is 0 Å². The highest BCUT2D eigenvalue weighted by Gasteiger charge is 2.30. The minimum absolute atomic E-state index is 0.192. The molecule has 0 bridgehead atoms. The topological polar surface area (TPSA) is 54.0 Å². The minimum Gasteiger partial charge on any atom is -0.486 e. The molecular weight excluding hydrogens is 390 g/mol. The molecule has 1 amide bonds. The molecule has 5 rings (SSSR count). The third-order valence-electron chi connectivity index (χ3n) is 6.76. The molecule has 0 saturated carbocycles. The number of fused-ring (bicyclic) bond motifs is 1. The lowest BCUT2D eigenvalue weighted by atomic mass is 9.87. The summed E-state index contributed by atoms with van der Waals surface area (Å²) in [6.45, 7) is 6.31. The lowest BCUT2D eigenvalue weighted by molar-refractivity contribution is -0.119. The van der Waals surface area contributed by atoms with Crippen LogP contribution < -0.4 is 19.7 Å². The zero-order valence-corrected chi connectivity index (χ0v) is 18.0. The standard InChI is InChI=1S/C25H31N3O3/c29-24-10-9-21(26-24)20(19-5-2-1-3-6-19)11-12-27-13-15-28(16-14-27)22-7-4-8-23-25(22)31-18-17-30-23/h1-8,20-21H,9-18H2,(H,26,29). The van der Waals surface area contributed by atoms with Gasteiger partial charge in [-0.3, -0.25) is 9.69 Å². The lowest BCUT2D eigenvalue weighted by Crippen LogP contribution is -2.47. The molecule has 3 aliphatic rings. The van der Waals surface area contributed by atoms with Crippen LogP contribution in [-0.2, 0) is 4.79 Å². The van der Waals surface area contributed by atoms with E-state index in [9.17, 15) is 4.79 Å². The van der Waals surface area contributed by atoms with E-state index in [2.05, 4.69) is 57.6 Å². The number of para-hydroxylation sites is 1. The first-order chi connectivity index (χ1) is 15.3. The van der Waals surface area contributed by atoms with Crippen LogP contribution in [0.3, 0.4) is 0 Å². The van der Waals surface area contributed by atoms with Crippen molar-refractivity contribution in [2.24, 2.45) is 0 Å². The van der Waals surface area contributed by atoms with Gasteiger partial charge < -0.3 is 19.7 Å². The highest BCUT2D eigenvalue weighted by atomic mass is 16.6. The average molecular weight is 422 g/mol. The third kappa shape index (κ3) is 4.49. The Labute approximate surface area is 184 Å². The maximum atomic E-state index is 11.8. The van der Waals surface area contributed by atoms with E-state index in [1.165, 1.54) is 5.56 Å². The number of piperazine rings is 1. The molecule has 1 N–H and O–H groups in total. The second-order valence-electron chi connectivity index (χ2n) is 8.65. The van der Waals surface area contributed by atoms with Crippen LogP contribution >= 0.6 is 0 Å². The maximum Gasteiger partial charge on any atom is 0.220 e. The van der Waals surface area contributed by atoms with Crippen molar-refractivity contribution in [3.05, 3.63) is 54.1 Å². The highest BCUT2D eigenvalue weighted by molar-refractivity contribution is 5.78. The SMILES string of the molecule is O=C1CCC(C(CCN2CCN(c3cccc4c3OCCO4)CC2)c2ccccc2)N1. The van der Waals surface area contributed by atoms with Crippen molar-refractivity contribution in [1.29, 1.82) is 0 Å². The number of ether oxygens (including phenoxy) is 2. The van der Waals surface area contributed by atoms with E-state index in [1.807, 2.05) is 6.07 Å². The molecule has 31 heavy (non-hydrogen) atoms. The monoisotopic (exact) mass is 421 g/mol. The number of amides is 1. The van der Waals surface area contributed by atoms with E-state index in [0.29, 0.717) is 25.6 Å². The molecule has 0 spiro atoms. The molecule has 164 valence electrons. The second-order valence-corrected chi connectivity index (χ2v) is 8.65. The Bertz CT molecular complexity index is 896. The number of benzene rings is 2. The van der Waals surface area contributed by atoms with Gasteiger partial charge in [0.05, 0.1) is 5.69 Å². The molecule has 6 nitrogen and oxygen atoms in total. The first kappa shape index (κ1) is 20.2. The minimum atomic E-state index is 0.192. The largest absolute Gasteiger partial charge is 0.486 e. The number of hydrogen-bond donors (Lipinski definition) is 1. The van der Waals surface area contributed by atoms with Crippen molar-refractivity contribution >= 4 is 11.6 Å². The Hall–Kier alpha value is -2.73. The average Bonchev–Trinajstić information content (AvgIpc) is 3.26. The molecule has 2 atom stereocenters. The summed E-state index contributed by atoms with van der Waals surface area (Å²) in [4.78, 5) is 16.8. The van der Waals surface area contributed by atoms with E-state index in [4.69, 9.17) is 9.47 Å². The molecule has 2 unspecified atom stereocenters. The lowest BCUT2D eigenvalue weighted by Gasteiger charge is -2.38. The molecule has 0 aliphatic carbocycles. The zero-order chi connectivity index (χ0) is 21.0. The van der Waals surface area contributed by atoms with E-state index < -0.39 is 0 Å². The van der Waals surface area contributed by atoms with Crippen LogP contribution in [0.5, 0.6) is 11.5 Å². The van der Waals surface area contributed by atoms with E-state index in [-0.39, 0.29) is 11.9 Å². The van der Waals surface area contributed by atoms with Gasteiger partial charge in [0.15, 0.2) is 11.5 Å². The zero-order valence-electron chi connectivity index (χ0n) is 18.0. The summed E-state index contributed by atoms with van der Waals surface area (Å²) >= 11 is 0. The second kappa shape index (κ2) is 9.18. The van der Waals surface area contributed by atoms with Crippen molar-refractivity contribution in [3.8, 4) is 11.5 Å². The number of carbonyl (C=O) groups is 1. The fraction of sp³-hybridized carbons (Fsp3) is 0.480. The Morgan fingerprint density at radius 3 is 2.55 bits per heavy atom. The van der Waals surface area contributed by atoms with Gasteiger partial charge in [-0.2, -0.15) is 0 Å². The fourth-order valence-electron chi connectivity index (χ4n) is 5.08. The molecule has 2 aromatic rings. The Morgan fingerprint density at radius 1 is 0.968 bits per heavy atom. The molecule has 0 radical (unpaired) electrons. The van der Waals surface area contributed by atoms with Gasteiger partial charge in [-0.05, 0) is 37.1 Å². The summed E-state index contributed by atoms with van der Waals surface area (Å²) in [5.41, 5.74) is 2.48. The summed E-state index contributed by atoms with van der Waals surface area (Å²) in [5.74, 6) is 2.31. The Morgan fingerprint density at radius 2 is 1.77 bits per heavy atom. The number of anilines is 1. The van der Waals surface area contributed by atoms with E-state index in [1.54, 1.807) is 0 Å². The smallest absolute Gasteiger partial charge is 0.220 e. The van der Waals surface area contributed by atoms with Crippen LogP contribution in [0.25, 0.3) is 0 Å². The predicted molar refractivity (Wildman–Crippen MR) is 121 cm³/mol. The van der Waals surface area contributed by atoms with Crippen molar-refractivity contribution in [2.45, 2.75) is 31.2 Å². The highest BCUT2D eigenvalue weighted by Crippen LogP contribution is 2.39. The van der Waals surface area contributed by atoms with Crippen molar-refractivity contribution in [2.75, 3.05) is 50.8 Å². The molecule has 6 heteroatoms. The first-order valence-electron chi connectivity index (χ1n) is 11.5. The van der Waals surface area contributed by atoms with Crippen LogP contribution in [0, 0.1) is 0 Å². The van der Waals surface area contributed by atoms with Crippen molar-refractivity contribution in [3.63, 3.8) is 0 Å². The van der Waals surface area contributed by atoms with Crippen molar-refractivity contribution in [1.82, 2.24) is 10.2 Å². The normalized spacial score (nSPS) is 22.3. The number of nitrogens with zero attached hydrogens (tertiary/aromatic N) is 2. The van der Waals surface area contributed by atoms with Crippen molar-refractivity contribution < 1.29 is 14.3 Å². The molecule has 2 aromatic carbocycles. The molecule has 2 saturated heterocycles. The summed E-state index contributed by atoms with van der Waals surface area (Å²) in [6, 6.07) is 17.1. The van der Waals surface area contributed by atoms with E-state index in [0.717, 1.165) is 62.8 Å². The summed E-state index contributed by atoms with van der Waals surface area (Å²) in [5, 5.41) is 3.21. The summed E-state index contributed by atoms with van der Waals surface area (Å²) < 4.78 is 11.7. The number of hydrogen-bond acceptors (Lipinski definition) is 5. The van der Waals surface area contributed by atoms with Gasteiger partial charge in [-0.15, -0.1) is 0 Å². The van der Waals surface area contributed by atoms with Crippen LogP contribution in [0.2, 0.25) is 0 Å². The van der Waals surface area contributed by atoms with Gasteiger partial charge in [-0.1, -0.05) is 36.4 Å². The predicted octanol–water partition coefficient (Wildman–Crippen LogP) is 3.03.